The first kappa shape index (κ1) is 23.8. The van der Waals surface area contributed by atoms with Crippen LogP contribution in [-0.2, 0) is 9.59 Å². The molecule has 0 spiro atoms. The molecule has 2 rings (SSSR count). The molecule has 2 fully saturated rings. The Hall–Kier alpha value is -1.48. The molecule has 2 aliphatic heterocycles. The Morgan fingerprint density at radius 2 is 1.76 bits per heavy atom. The summed E-state index contributed by atoms with van der Waals surface area (Å²) in [5, 5.41) is 6.02. The maximum absolute atomic E-state index is 13.1. The highest BCUT2D eigenvalue weighted by Gasteiger charge is 2.44. The first-order valence-corrected chi connectivity index (χ1v) is 10.8. The molecule has 5 N–H and O–H groups in total. The van der Waals surface area contributed by atoms with E-state index in [1.165, 1.54) is 0 Å². The molecule has 0 bridgehead atoms. The molecule has 1 atom stereocenters. The summed E-state index contributed by atoms with van der Waals surface area (Å²) in [6.07, 6.45) is 3.51. The Labute approximate surface area is 175 Å². The Bertz CT molecular complexity index is 578. The van der Waals surface area contributed by atoms with Crippen LogP contribution >= 0.6 is 0 Å². The average Bonchev–Trinajstić information content (AvgIpc) is 2.67. The first-order chi connectivity index (χ1) is 13.7. The summed E-state index contributed by atoms with van der Waals surface area (Å²) >= 11 is 0. The summed E-state index contributed by atoms with van der Waals surface area (Å²) in [7, 11) is 2.16. The molecule has 29 heavy (non-hydrogen) atoms. The highest BCUT2D eigenvalue weighted by Crippen LogP contribution is 2.27. The third-order valence-corrected chi connectivity index (χ3v) is 6.33. The molecule has 1 unspecified atom stereocenters. The van der Waals surface area contributed by atoms with Crippen LogP contribution in [0.4, 0.5) is 0 Å². The number of nitrogens with zero attached hydrogens (tertiary/aromatic N) is 2. The normalized spacial score (nSPS) is 22.3. The zero-order valence-electron chi connectivity index (χ0n) is 18.6. The molecule has 166 valence electrons. The number of hydrogen-bond acceptors (Lipinski definition) is 6. The molecule has 0 aromatic rings. The van der Waals surface area contributed by atoms with Crippen LogP contribution in [0.1, 0.15) is 46.5 Å². The minimum Gasteiger partial charge on any atom is -0.350 e. The zero-order chi connectivity index (χ0) is 21.6. The lowest BCUT2D eigenvalue weighted by atomic mass is 9.84. The van der Waals surface area contributed by atoms with Gasteiger partial charge in [0.05, 0.1) is 0 Å². The van der Waals surface area contributed by atoms with Crippen molar-refractivity contribution in [2.24, 2.45) is 11.8 Å². The highest BCUT2D eigenvalue weighted by atomic mass is 16.2. The number of hydrazine groups is 1. The molecule has 0 aromatic heterocycles. The maximum atomic E-state index is 13.1. The highest BCUT2D eigenvalue weighted by molar-refractivity contribution is 5.93. The van der Waals surface area contributed by atoms with Gasteiger partial charge < -0.3 is 20.4 Å². The fourth-order valence-electron chi connectivity index (χ4n) is 4.32. The standard InChI is InChI=1S/C21H40N6O2/c1-15(2)14-23-20(29)21(24-19(28)18(25-22)16(3)4)8-12-27(13-9-21)17-6-10-26(5)11-7-17/h16-18,25H,1,6-14,22H2,2-5H3,(H,23,29)(H,24,28). The number of nitrogens with two attached hydrogens (primary N) is 1. The SMILES string of the molecule is C=C(C)CNC(=O)C1(NC(=O)C(NN)C(C)C)CCN(C2CCN(C)CC2)CC1. The lowest BCUT2D eigenvalue weighted by Gasteiger charge is -2.45. The van der Waals surface area contributed by atoms with Gasteiger partial charge in [-0.15, -0.1) is 0 Å². The number of rotatable bonds is 8. The van der Waals surface area contributed by atoms with Gasteiger partial charge in [-0.3, -0.25) is 15.4 Å². The predicted octanol–water partition coefficient (Wildman–Crippen LogP) is 0.212. The fourth-order valence-corrected chi connectivity index (χ4v) is 4.32. The van der Waals surface area contributed by atoms with Gasteiger partial charge >= 0.3 is 0 Å². The molecular weight excluding hydrogens is 368 g/mol. The maximum Gasteiger partial charge on any atom is 0.246 e. The Balaban J connectivity index is 2.09. The van der Waals surface area contributed by atoms with E-state index in [0.717, 1.165) is 44.6 Å². The van der Waals surface area contributed by atoms with Gasteiger partial charge in [-0.2, -0.15) is 0 Å². The molecule has 2 aliphatic rings. The molecule has 0 aromatic carbocycles. The smallest absolute Gasteiger partial charge is 0.246 e. The molecule has 8 heteroatoms. The van der Waals surface area contributed by atoms with Gasteiger partial charge in [0.15, 0.2) is 0 Å². The molecule has 0 aliphatic carbocycles. The summed E-state index contributed by atoms with van der Waals surface area (Å²) in [5.41, 5.74) is 2.57. The molecular formula is C21H40N6O2. The van der Waals surface area contributed by atoms with Gasteiger partial charge in [0, 0.05) is 25.7 Å². The molecule has 2 heterocycles. The van der Waals surface area contributed by atoms with Gasteiger partial charge in [0.2, 0.25) is 11.8 Å². The second-order valence-electron chi connectivity index (χ2n) is 9.17. The van der Waals surface area contributed by atoms with Gasteiger partial charge in [-0.25, -0.2) is 5.43 Å². The number of carbonyl (C=O) groups excluding carboxylic acids is 2. The van der Waals surface area contributed by atoms with E-state index in [9.17, 15) is 9.59 Å². The van der Waals surface area contributed by atoms with Crippen molar-refractivity contribution >= 4 is 11.8 Å². The van der Waals surface area contributed by atoms with E-state index >= 15 is 0 Å². The summed E-state index contributed by atoms with van der Waals surface area (Å²) in [6.45, 7) is 13.8. The molecule has 0 saturated carbocycles. The van der Waals surface area contributed by atoms with Gasteiger partial charge in [-0.1, -0.05) is 26.0 Å². The van der Waals surface area contributed by atoms with Gasteiger partial charge in [0.1, 0.15) is 11.6 Å². The van der Waals surface area contributed by atoms with Crippen molar-refractivity contribution in [3.05, 3.63) is 12.2 Å². The quantitative estimate of drug-likeness (QED) is 0.260. The van der Waals surface area contributed by atoms with Crippen LogP contribution in [0, 0.1) is 5.92 Å². The average molecular weight is 409 g/mol. The van der Waals surface area contributed by atoms with Crippen molar-refractivity contribution in [3.8, 4) is 0 Å². The summed E-state index contributed by atoms with van der Waals surface area (Å²) in [4.78, 5) is 30.9. The van der Waals surface area contributed by atoms with E-state index in [-0.39, 0.29) is 17.7 Å². The number of carbonyl (C=O) groups is 2. The minimum atomic E-state index is -0.904. The van der Waals surface area contributed by atoms with Crippen molar-refractivity contribution in [2.75, 3.05) is 39.8 Å². The lowest BCUT2D eigenvalue weighted by molar-refractivity contribution is -0.137. The van der Waals surface area contributed by atoms with E-state index in [1.54, 1.807) is 0 Å². The van der Waals surface area contributed by atoms with E-state index in [4.69, 9.17) is 5.84 Å². The summed E-state index contributed by atoms with van der Waals surface area (Å²) in [6, 6.07) is 0.0280. The first-order valence-electron chi connectivity index (χ1n) is 10.8. The third-order valence-electron chi connectivity index (χ3n) is 6.33. The monoisotopic (exact) mass is 408 g/mol. The van der Waals surface area contributed by atoms with E-state index in [2.05, 4.69) is 39.5 Å². The van der Waals surface area contributed by atoms with Crippen LogP contribution in [0.2, 0.25) is 0 Å². The van der Waals surface area contributed by atoms with Crippen molar-refractivity contribution in [1.82, 2.24) is 25.9 Å². The molecule has 8 nitrogen and oxygen atoms in total. The fraction of sp³-hybridized carbons (Fsp3) is 0.810. The summed E-state index contributed by atoms with van der Waals surface area (Å²) in [5.74, 6) is 5.27. The molecule has 2 amide bonds. The van der Waals surface area contributed by atoms with Crippen molar-refractivity contribution in [2.45, 2.75) is 64.1 Å². The molecule has 0 radical (unpaired) electrons. The summed E-state index contributed by atoms with van der Waals surface area (Å²) < 4.78 is 0. The van der Waals surface area contributed by atoms with Crippen LogP contribution in [0.15, 0.2) is 12.2 Å². The van der Waals surface area contributed by atoms with Crippen LogP contribution < -0.4 is 21.9 Å². The predicted molar refractivity (Wildman–Crippen MR) is 116 cm³/mol. The van der Waals surface area contributed by atoms with E-state index in [0.29, 0.717) is 25.4 Å². The van der Waals surface area contributed by atoms with Crippen LogP contribution in [0.5, 0.6) is 0 Å². The Morgan fingerprint density at radius 1 is 1.17 bits per heavy atom. The topological polar surface area (TPSA) is 103 Å². The second kappa shape index (κ2) is 10.5. The third kappa shape index (κ3) is 6.25. The van der Waals surface area contributed by atoms with E-state index in [1.807, 2.05) is 20.8 Å². The number of nitrogens with one attached hydrogen (secondary N) is 3. The van der Waals surface area contributed by atoms with Crippen molar-refractivity contribution < 1.29 is 9.59 Å². The zero-order valence-corrected chi connectivity index (χ0v) is 18.6. The van der Waals surface area contributed by atoms with Crippen LogP contribution in [0.3, 0.4) is 0 Å². The minimum absolute atomic E-state index is 0.0230. The largest absolute Gasteiger partial charge is 0.350 e. The van der Waals surface area contributed by atoms with Crippen molar-refractivity contribution in [3.63, 3.8) is 0 Å². The molecule has 2 saturated heterocycles. The second-order valence-corrected chi connectivity index (χ2v) is 9.17. The van der Waals surface area contributed by atoms with Crippen LogP contribution in [0.25, 0.3) is 0 Å². The number of amides is 2. The number of hydrogen-bond donors (Lipinski definition) is 4. The van der Waals surface area contributed by atoms with Gasteiger partial charge in [-0.05, 0) is 58.7 Å². The Morgan fingerprint density at radius 3 is 2.24 bits per heavy atom. The van der Waals surface area contributed by atoms with E-state index < -0.39 is 11.6 Å². The Kier molecular flexibility index (Phi) is 8.63. The van der Waals surface area contributed by atoms with Crippen LogP contribution in [-0.4, -0.2) is 79.0 Å². The van der Waals surface area contributed by atoms with Gasteiger partial charge in [0.25, 0.3) is 0 Å². The number of likely N-dealkylation sites (tertiary alicyclic amines) is 2. The lowest BCUT2D eigenvalue weighted by Crippen LogP contribution is -2.67. The van der Waals surface area contributed by atoms with Crippen molar-refractivity contribution in [1.29, 1.82) is 0 Å². The number of piperidine rings is 2.